The average molecular weight is 1030 g/mol. The molecule has 9 atom stereocenters. The number of guanidine groups is 1. The fraction of sp³-hybridized carbons (Fsp3) is 0.468. The van der Waals surface area contributed by atoms with Gasteiger partial charge in [0.2, 0.25) is 41.4 Å². The average Bonchev–Trinajstić information content (AvgIpc) is 4.16. The number of carbonyl (C=O) groups excluding carboxylic acids is 7. The smallest absolute Gasteiger partial charge is 0.326 e. The van der Waals surface area contributed by atoms with Gasteiger partial charge in [0.15, 0.2) is 5.96 Å². The number of imidazole rings is 1. The van der Waals surface area contributed by atoms with Crippen LogP contribution >= 0.6 is 11.8 Å². The third kappa shape index (κ3) is 15.1. The number of benzene rings is 2. The first-order valence-corrected chi connectivity index (χ1v) is 24.7. The van der Waals surface area contributed by atoms with Gasteiger partial charge in [-0.15, -0.1) is 11.8 Å². The van der Waals surface area contributed by atoms with E-state index in [1.54, 1.807) is 42.5 Å². The maximum Gasteiger partial charge on any atom is 0.326 e. The number of phenolic OH excluding ortho intramolecular Hbond substituents is 1. The van der Waals surface area contributed by atoms with Gasteiger partial charge in [0.05, 0.1) is 24.2 Å². The summed E-state index contributed by atoms with van der Waals surface area (Å²) in [5.74, 6) is -8.20. The first-order chi connectivity index (χ1) is 34.9. The van der Waals surface area contributed by atoms with Gasteiger partial charge in [-0.25, -0.2) is 9.78 Å². The van der Waals surface area contributed by atoms with Crippen molar-refractivity contribution in [2.24, 2.45) is 22.2 Å². The number of nitrogens with one attached hydrogen (secondary N) is 6. The van der Waals surface area contributed by atoms with E-state index in [2.05, 4.69) is 41.5 Å². The Morgan fingerprint density at radius 1 is 0.849 bits per heavy atom. The zero-order chi connectivity index (χ0) is 52.8. The molecule has 0 spiro atoms. The second-order valence-electron chi connectivity index (χ2n) is 18.0. The molecule has 0 bridgehead atoms. The summed E-state index contributed by atoms with van der Waals surface area (Å²) < 4.78 is 0. The van der Waals surface area contributed by atoms with Crippen molar-refractivity contribution < 1.29 is 58.5 Å². The number of carboxylic acid groups (broad SMARTS) is 2. The number of hydrogen-bond donors (Lipinski definition) is 12. The minimum atomic E-state index is -1.51. The van der Waals surface area contributed by atoms with E-state index in [-0.39, 0.29) is 81.9 Å². The maximum absolute atomic E-state index is 14.9. The Bertz CT molecular complexity index is 2500. The van der Waals surface area contributed by atoms with Gasteiger partial charge >= 0.3 is 11.9 Å². The Morgan fingerprint density at radius 2 is 1.56 bits per heavy atom. The molecule has 392 valence electrons. The number of aromatic hydroxyl groups is 1. The van der Waals surface area contributed by atoms with Crippen LogP contribution in [0.4, 0.5) is 0 Å². The summed E-state index contributed by atoms with van der Waals surface area (Å²) in [7, 11) is 0. The van der Waals surface area contributed by atoms with Gasteiger partial charge in [0.1, 0.15) is 48.0 Å². The second-order valence-corrected chi connectivity index (χ2v) is 19.2. The molecule has 15 N–H and O–H groups in total. The van der Waals surface area contributed by atoms with Crippen molar-refractivity contribution in [2.45, 2.75) is 118 Å². The summed E-state index contributed by atoms with van der Waals surface area (Å²) in [4.78, 5) is 136. The quantitative estimate of drug-likeness (QED) is 0.0283. The van der Waals surface area contributed by atoms with Crippen LogP contribution in [-0.4, -0.2) is 167 Å². The predicted molar refractivity (Wildman–Crippen MR) is 263 cm³/mol. The van der Waals surface area contributed by atoms with Gasteiger partial charge in [0.25, 0.3) is 0 Å². The predicted octanol–water partition coefficient (Wildman–Crippen LogP) is -2.44. The number of nitrogens with two attached hydrogens (primary N) is 3. The van der Waals surface area contributed by atoms with Crippen LogP contribution in [0.25, 0.3) is 0 Å². The number of likely N-dealkylation sites (tertiary alicyclic amines) is 1. The molecule has 2 aromatic carbocycles. The Morgan fingerprint density at radius 3 is 2.23 bits per heavy atom. The molecule has 3 aliphatic heterocycles. The molecular weight excluding hydrogens is 971 g/mol. The molecule has 3 aromatic rings. The number of aromatic amines is 1. The van der Waals surface area contributed by atoms with Gasteiger partial charge < -0.3 is 73.9 Å². The minimum absolute atomic E-state index is 0.00179. The molecule has 4 heterocycles. The SMILES string of the molecule is NC(N)=NCCC[C@H](NC(=O)[C@@H](N)CC(=O)O)C(=O)N[C@@H]1CS[C@@H]2CC[C@@H](C(=O)N[C@@H](Cc3cnc[nH]3)C(=O)N3CCC[C@H]3C(=O)N[C@@H](Cc3ccccc3)C(=O)O)N2C(=O)[C@H](Cc2ccc(O)cc2)NC1=O. The number of aliphatic imine (C=N–C) groups is 1. The summed E-state index contributed by atoms with van der Waals surface area (Å²) in [6.45, 7) is 0.198. The number of hydrogen-bond acceptors (Lipinski definition) is 14. The van der Waals surface area contributed by atoms with Gasteiger partial charge in [0, 0.05) is 50.0 Å². The second kappa shape index (κ2) is 25.6. The fourth-order valence-corrected chi connectivity index (χ4v) is 10.3. The number of aliphatic carboxylic acids is 2. The number of fused-ring (bicyclic) bond motifs is 1. The van der Waals surface area contributed by atoms with Crippen molar-refractivity contribution >= 4 is 71.0 Å². The van der Waals surface area contributed by atoms with Crippen LogP contribution in [0.15, 0.2) is 72.1 Å². The highest BCUT2D eigenvalue weighted by Crippen LogP contribution is 2.35. The highest BCUT2D eigenvalue weighted by molar-refractivity contribution is 7.99. The van der Waals surface area contributed by atoms with Crippen LogP contribution in [0.1, 0.15) is 61.8 Å². The molecule has 3 saturated heterocycles. The van der Waals surface area contributed by atoms with Gasteiger partial charge in [-0.05, 0) is 61.8 Å². The third-order valence-corrected chi connectivity index (χ3v) is 14.0. The lowest BCUT2D eigenvalue weighted by Gasteiger charge is -2.33. The van der Waals surface area contributed by atoms with Crippen molar-refractivity contribution in [1.29, 1.82) is 0 Å². The summed E-state index contributed by atoms with van der Waals surface area (Å²) in [5, 5.41) is 41.7. The Labute approximate surface area is 423 Å². The fourth-order valence-electron chi connectivity index (χ4n) is 8.92. The van der Waals surface area contributed by atoms with Gasteiger partial charge in [-0.1, -0.05) is 42.5 Å². The Kier molecular flexibility index (Phi) is 19.1. The number of thioether (sulfide) groups is 1. The molecular formula is C47H61N13O12S. The first kappa shape index (κ1) is 54.6. The van der Waals surface area contributed by atoms with Crippen LogP contribution in [0.2, 0.25) is 0 Å². The van der Waals surface area contributed by atoms with Gasteiger partial charge in [-0.3, -0.25) is 43.3 Å². The van der Waals surface area contributed by atoms with Crippen LogP contribution in [-0.2, 0) is 62.4 Å². The lowest BCUT2D eigenvalue weighted by molar-refractivity contribution is -0.145. The summed E-state index contributed by atoms with van der Waals surface area (Å²) in [6, 6.07) is 4.34. The largest absolute Gasteiger partial charge is 0.508 e. The number of H-pyrrole nitrogens is 1. The number of phenols is 1. The zero-order valence-electron chi connectivity index (χ0n) is 39.7. The van der Waals surface area contributed by atoms with Crippen molar-refractivity contribution in [3.05, 3.63) is 83.9 Å². The summed E-state index contributed by atoms with van der Waals surface area (Å²) in [5.41, 5.74) is 18.3. The topological polar surface area (TPSA) is 400 Å². The number of carboxylic acids is 2. The van der Waals surface area contributed by atoms with E-state index < -0.39 is 113 Å². The molecule has 73 heavy (non-hydrogen) atoms. The third-order valence-electron chi connectivity index (χ3n) is 12.6. The normalized spacial score (nSPS) is 21.4. The minimum Gasteiger partial charge on any atom is -0.508 e. The van der Waals surface area contributed by atoms with Crippen LogP contribution < -0.4 is 43.8 Å². The number of aromatic nitrogens is 2. The number of nitrogens with zero attached hydrogens (tertiary/aromatic N) is 4. The number of rotatable bonds is 22. The zero-order valence-corrected chi connectivity index (χ0v) is 40.5. The highest BCUT2D eigenvalue weighted by Gasteiger charge is 2.47. The molecule has 25 nitrogen and oxygen atoms in total. The highest BCUT2D eigenvalue weighted by atomic mass is 32.2. The number of amides is 7. The first-order valence-electron chi connectivity index (χ1n) is 23.7. The molecule has 0 aliphatic carbocycles. The van der Waals surface area contributed by atoms with Crippen molar-refractivity contribution in [3.8, 4) is 5.75 Å². The molecule has 26 heteroatoms. The van der Waals surface area contributed by atoms with Crippen molar-refractivity contribution in [1.82, 2.24) is 46.4 Å². The van der Waals surface area contributed by atoms with Gasteiger partial charge in [-0.2, -0.15) is 0 Å². The molecule has 7 amide bonds. The maximum atomic E-state index is 14.9. The standard InChI is InChI=1S/C47H61N13O12S/c48-29(21-38(62)63)39(64)54-30(8-4-16-52-47(49)50)40(65)58-34-23-73-37-15-14-36(60(37)45(70)31(55-41(34)66)18-26-10-12-28(61)13-11-26)43(68)56-32(20-27-22-51-24-53-27)44(69)59-17-5-9-35(59)42(67)57-33(46(71)72)19-25-6-2-1-3-7-25/h1-3,6-7,10-13,22,24,29-37,61H,4-5,8-9,14-21,23,48H2,(H,51,53)(H,54,64)(H,55,66)(H,56,68)(H,57,67)(H,58,65)(H,62,63)(H,71,72)(H4,49,50,52)/t29-,30-,31-,32-,33-,34+,35-,36-,37+/m0/s1. The Hall–Kier alpha value is -7.74. The Balaban J connectivity index is 1.23. The number of carbonyl (C=O) groups is 9. The van der Waals surface area contributed by atoms with E-state index >= 15 is 0 Å². The van der Waals surface area contributed by atoms with E-state index in [4.69, 9.17) is 17.2 Å². The molecule has 3 fully saturated rings. The lowest BCUT2D eigenvalue weighted by atomic mass is 10.0. The lowest BCUT2D eigenvalue weighted by Crippen LogP contribution is -2.60. The van der Waals surface area contributed by atoms with Crippen LogP contribution in [0.5, 0.6) is 5.75 Å². The van der Waals surface area contributed by atoms with E-state index in [1.807, 2.05) is 0 Å². The van der Waals surface area contributed by atoms with Crippen molar-refractivity contribution in [3.63, 3.8) is 0 Å². The van der Waals surface area contributed by atoms with Crippen molar-refractivity contribution in [2.75, 3.05) is 18.8 Å². The summed E-state index contributed by atoms with van der Waals surface area (Å²) >= 11 is 1.12. The van der Waals surface area contributed by atoms with Crippen LogP contribution in [0.3, 0.4) is 0 Å². The molecule has 3 aliphatic rings. The summed E-state index contributed by atoms with van der Waals surface area (Å²) in [6.07, 6.45) is 3.04. The molecule has 0 unspecified atom stereocenters. The van der Waals surface area contributed by atoms with E-state index in [0.29, 0.717) is 23.2 Å². The molecule has 0 saturated carbocycles. The molecule has 1 aromatic heterocycles. The molecule has 6 rings (SSSR count). The van der Waals surface area contributed by atoms with E-state index in [9.17, 15) is 58.5 Å². The monoisotopic (exact) mass is 1030 g/mol. The van der Waals surface area contributed by atoms with E-state index in [1.165, 1.54) is 34.5 Å². The molecule has 0 radical (unpaired) electrons. The van der Waals surface area contributed by atoms with E-state index in [0.717, 1.165) is 11.8 Å². The van der Waals surface area contributed by atoms with Crippen LogP contribution in [0, 0.1) is 0 Å².